The molecule has 0 aliphatic rings. The van der Waals surface area contributed by atoms with Crippen molar-refractivity contribution >= 4 is 17.7 Å². The van der Waals surface area contributed by atoms with E-state index in [1.807, 2.05) is 23.9 Å². The number of rotatable bonds is 7. The van der Waals surface area contributed by atoms with Crippen LogP contribution in [0.4, 0.5) is 0 Å². The molecule has 3 heteroatoms. The highest BCUT2D eigenvalue weighted by molar-refractivity contribution is 7.98. The summed E-state index contributed by atoms with van der Waals surface area (Å²) >= 11 is 1.85. The predicted octanol–water partition coefficient (Wildman–Crippen LogP) is 3.90. The summed E-state index contributed by atoms with van der Waals surface area (Å²) in [5, 5.41) is 3.00. The second kappa shape index (κ2) is 8.64. The van der Waals surface area contributed by atoms with Gasteiger partial charge >= 0.3 is 0 Å². The van der Waals surface area contributed by atoms with Crippen molar-refractivity contribution in [3.63, 3.8) is 0 Å². The first-order valence-corrected chi connectivity index (χ1v) is 8.75. The standard InChI is InChI=1S/C19H23NOS/c1-15-8-9-18(16(2)12-15)13-19(21)20-10-11-22-14-17-6-4-3-5-7-17/h3-9,12H,10-11,13-14H2,1-2H3,(H,20,21). The van der Waals surface area contributed by atoms with Gasteiger partial charge in [-0.1, -0.05) is 54.1 Å². The molecule has 22 heavy (non-hydrogen) atoms. The Balaban J connectivity index is 1.65. The van der Waals surface area contributed by atoms with Gasteiger partial charge in [-0.25, -0.2) is 0 Å². The van der Waals surface area contributed by atoms with Crippen molar-refractivity contribution in [3.8, 4) is 0 Å². The Morgan fingerprint density at radius 1 is 1.09 bits per heavy atom. The van der Waals surface area contributed by atoms with E-state index in [4.69, 9.17) is 0 Å². The van der Waals surface area contributed by atoms with Crippen molar-refractivity contribution in [2.75, 3.05) is 12.3 Å². The van der Waals surface area contributed by atoms with Crippen LogP contribution in [0.25, 0.3) is 0 Å². The van der Waals surface area contributed by atoms with E-state index in [-0.39, 0.29) is 5.91 Å². The van der Waals surface area contributed by atoms with Crippen molar-refractivity contribution in [2.45, 2.75) is 26.0 Å². The molecule has 0 fully saturated rings. The maximum atomic E-state index is 12.0. The van der Waals surface area contributed by atoms with Crippen LogP contribution in [0.3, 0.4) is 0 Å². The summed E-state index contributed by atoms with van der Waals surface area (Å²) < 4.78 is 0. The number of hydrogen-bond donors (Lipinski definition) is 1. The minimum absolute atomic E-state index is 0.104. The third kappa shape index (κ3) is 5.57. The number of nitrogens with one attached hydrogen (secondary N) is 1. The third-order valence-corrected chi connectivity index (χ3v) is 4.56. The highest BCUT2D eigenvalue weighted by Gasteiger charge is 2.05. The van der Waals surface area contributed by atoms with Gasteiger partial charge in [-0.15, -0.1) is 0 Å². The van der Waals surface area contributed by atoms with Crippen LogP contribution in [-0.4, -0.2) is 18.2 Å². The van der Waals surface area contributed by atoms with E-state index in [0.717, 1.165) is 23.6 Å². The molecule has 0 unspecified atom stereocenters. The number of carbonyl (C=O) groups is 1. The van der Waals surface area contributed by atoms with Gasteiger partial charge in [0.2, 0.25) is 5.91 Å². The molecule has 116 valence electrons. The van der Waals surface area contributed by atoms with Gasteiger partial charge in [-0.05, 0) is 30.5 Å². The number of amides is 1. The summed E-state index contributed by atoms with van der Waals surface area (Å²) in [6, 6.07) is 16.6. The van der Waals surface area contributed by atoms with Crippen molar-refractivity contribution in [1.29, 1.82) is 0 Å². The lowest BCUT2D eigenvalue weighted by atomic mass is 10.0. The smallest absolute Gasteiger partial charge is 0.224 e. The van der Waals surface area contributed by atoms with Crippen molar-refractivity contribution < 1.29 is 4.79 Å². The summed E-state index contributed by atoms with van der Waals surface area (Å²) in [5.41, 5.74) is 4.86. The Kier molecular flexibility index (Phi) is 6.53. The zero-order valence-corrected chi connectivity index (χ0v) is 14.1. The Hall–Kier alpha value is -1.74. The lowest BCUT2D eigenvalue weighted by molar-refractivity contribution is -0.120. The normalized spacial score (nSPS) is 10.5. The Morgan fingerprint density at radius 3 is 2.59 bits per heavy atom. The number of hydrogen-bond acceptors (Lipinski definition) is 2. The fraction of sp³-hybridized carbons (Fsp3) is 0.316. The molecule has 0 aliphatic carbocycles. The average Bonchev–Trinajstić information content (AvgIpc) is 2.51. The van der Waals surface area contributed by atoms with Gasteiger partial charge in [-0.2, -0.15) is 11.8 Å². The van der Waals surface area contributed by atoms with Gasteiger partial charge in [0.15, 0.2) is 0 Å². The van der Waals surface area contributed by atoms with Crippen molar-refractivity contribution in [2.24, 2.45) is 0 Å². The van der Waals surface area contributed by atoms with E-state index in [9.17, 15) is 4.79 Å². The Morgan fingerprint density at radius 2 is 1.86 bits per heavy atom. The van der Waals surface area contributed by atoms with Crippen LogP contribution in [0.2, 0.25) is 0 Å². The molecule has 2 aromatic rings. The predicted molar refractivity (Wildman–Crippen MR) is 95.2 cm³/mol. The molecule has 2 aromatic carbocycles. The van der Waals surface area contributed by atoms with Crippen molar-refractivity contribution in [1.82, 2.24) is 5.32 Å². The maximum Gasteiger partial charge on any atom is 0.224 e. The van der Waals surface area contributed by atoms with Crippen molar-refractivity contribution in [3.05, 3.63) is 70.8 Å². The summed E-state index contributed by atoms with van der Waals surface area (Å²) in [4.78, 5) is 12.0. The fourth-order valence-electron chi connectivity index (χ4n) is 2.31. The maximum absolute atomic E-state index is 12.0. The van der Waals surface area contributed by atoms with E-state index >= 15 is 0 Å². The monoisotopic (exact) mass is 313 g/mol. The topological polar surface area (TPSA) is 29.1 Å². The molecule has 0 atom stereocenters. The van der Waals surface area contributed by atoms with Gasteiger partial charge in [0.1, 0.15) is 0 Å². The lowest BCUT2D eigenvalue weighted by Crippen LogP contribution is -2.27. The largest absolute Gasteiger partial charge is 0.355 e. The van der Waals surface area contributed by atoms with E-state index in [0.29, 0.717) is 6.42 Å². The second-order valence-electron chi connectivity index (χ2n) is 5.49. The van der Waals surface area contributed by atoms with Crippen LogP contribution in [0.5, 0.6) is 0 Å². The van der Waals surface area contributed by atoms with Gasteiger partial charge < -0.3 is 5.32 Å². The second-order valence-corrected chi connectivity index (χ2v) is 6.60. The zero-order chi connectivity index (χ0) is 15.8. The third-order valence-electron chi connectivity index (χ3n) is 3.53. The van der Waals surface area contributed by atoms with E-state index in [2.05, 4.69) is 55.6 Å². The van der Waals surface area contributed by atoms with Crippen LogP contribution in [-0.2, 0) is 17.0 Å². The minimum Gasteiger partial charge on any atom is -0.355 e. The first kappa shape index (κ1) is 16.6. The Labute approximate surface area is 137 Å². The van der Waals surface area contributed by atoms with Crippen LogP contribution < -0.4 is 5.32 Å². The van der Waals surface area contributed by atoms with Gasteiger partial charge in [0, 0.05) is 18.1 Å². The highest BCUT2D eigenvalue weighted by atomic mass is 32.2. The molecular weight excluding hydrogens is 290 g/mol. The van der Waals surface area contributed by atoms with Gasteiger partial charge in [0.05, 0.1) is 6.42 Å². The summed E-state index contributed by atoms with van der Waals surface area (Å²) in [6.45, 7) is 4.85. The van der Waals surface area contributed by atoms with Crippen LogP contribution in [0.1, 0.15) is 22.3 Å². The van der Waals surface area contributed by atoms with E-state index < -0.39 is 0 Å². The average molecular weight is 313 g/mol. The lowest BCUT2D eigenvalue weighted by Gasteiger charge is -2.08. The molecule has 0 bridgehead atoms. The molecule has 2 nitrogen and oxygen atoms in total. The summed E-state index contributed by atoms with van der Waals surface area (Å²) in [5.74, 6) is 2.04. The molecule has 0 aromatic heterocycles. The summed E-state index contributed by atoms with van der Waals surface area (Å²) in [6.07, 6.45) is 0.468. The van der Waals surface area contributed by atoms with Crippen LogP contribution in [0.15, 0.2) is 48.5 Å². The summed E-state index contributed by atoms with van der Waals surface area (Å²) in [7, 11) is 0. The van der Waals surface area contributed by atoms with Gasteiger partial charge in [0.25, 0.3) is 0 Å². The first-order valence-electron chi connectivity index (χ1n) is 7.59. The van der Waals surface area contributed by atoms with Gasteiger partial charge in [-0.3, -0.25) is 4.79 Å². The molecule has 1 N–H and O–H groups in total. The van der Waals surface area contributed by atoms with E-state index in [1.54, 1.807) is 0 Å². The molecule has 0 heterocycles. The molecule has 0 saturated heterocycles. The molecule has 0 saturated carbocycles. The number of carbonyl (C=O) groups excluding carboxylic acids is 1. The molecule has 0 radical (unpaired) electrons. The molecule has 0 spiro atoms. The number of benzene rings is 2. The quantitative estimate of drug-likeness (QED) is 0.786. The SMILES string of the molecule is Cc1ccc(CC(=O)NCCSCc2ccccc2)c(C)c1. The molecule has 1 amide bonds. The molecule has 0 aliphatic heterocycles. The first-order chi connectivity index (χ1) is 10.6. The number of thioether (sulfide) groups is 1. The minimum atomic E-state index is 0.104. The Bertz CT molecular complexity index is 610. The molecule has 2 rings (SSSR count). The number of aryl methyl sites for hydroxylation is 2. The molecular formula is C19H23NOS. The van der Waals surface area contributed by atoms with E-state index in [1.165, 1.54) is 16.7 Å². The zero-order valence-electron chi connectivity index (χ0n) is 13.3. The highest BCUT2D eigenvalue weighted by Crippen LogP contribution is 2.12. The van der Waals surface area contributed by atoms with Crippen LogP contribution in [0, 0.1) is 13.8 Å². The van der Waals surface area contributed by atoms with Crippen LogP contribution >= 0.6 is 11.8 Å². The fourth-order valence-corrected chi connectivity index (χ4v) is 3.13.